The zero-order chi connectivity index (χ0) is 17.7. The number of fused-ring (bicyclic) bond motifs is 2. The van der Waals surface area contributed by atoms with E-state index in [2.05, 4.69) is 20.4 Å². The van der Waals surface area contributed by atoms with Crippen LogP contribution in [0, 0.1) is 23.7 Å². The molecular weight excluding hydrogens is 320 g/mol. The molecule has 8 atom stereocenters. The molecule has 4 saturated heterocycles. The van der Waals surface area contributed by atoms with Gasteiger partial charge in [-0.05, 0) is 50.9 Å². The Morgan fingerprint density at radius 1 is 1.16 bits per heavy atom. The maximum atomic E-state index is 6.36. The lowest BCUT2D eigenvalue weighted by molar-refractivity contribution is -0.577. The Hall–Kier alpha value is -0.460. The summed E-state index contributed by atoms with van der Waals surface area (Å²) in [5.74, 6) is 0.868. The molecule has 3 unspecified atom stereocenters. The van der Waals surface area contributed by atoms with Gasteiger partial charge in [0.15, 0.2) is 18.2 Å². The quantitative estimate of drug-likeness (QED) is 0.422. The zero-order valence-electron chi connectivity index (χ0n) is 15.7. The molecule has 5 nitrogen and oxygen atoms in total. The molecule has 25 heavy (non-hydrogen) atoms. The first-order valence-corrected chi connectivity index (χ1v) is 9.93. The molecule has 5 aliphatic rings. The first kappa shape index (κ1) is 17.9. The van der Waals surface area contributed by atoms with Crippen LogP contribution in [0.3, 0.4) is 0 Å². The van der Waals surface area contributed by atoms with Crippen molar-refractivity contribution in [1.29, 1.82) is 0 Å². The van der Waals surface area contributed by atoms with Crippen LogP contribution in [-0.2, 0) is 24.0 Å². The lowest BCUT2D eigenvalue weighted by atomic mass is 9.58. The van der Waals surface area contributed by atoms with Crippen LogP contribution >= 0.6 is 0 Å². The molecule has 5 rings (SSSR count). The summed E-state index contributed by atoms with van der Waals surface area (Å²) in [5, 5.41) is 0. The number of rotatable bonds is 5. The fourth-order valence-electron chi connectivity index (χ4n) is 5.49. The molecule has 1 aliphatic carbocycles. The van der Waals surface area contributed by atoms with E-state index in [4.69, 9.17) is 24.0 Å². The van der Waals surface area contributed by atoms with Gasteiger partial charge in [-0.1, -0.05) is 19.9 Å². The van der Waals surface area contributed by atoms with E-state index in [1.807, 2.05) is 13.0 Å². The van der Waals surface area contributed by atoms with Crippen molar-refractivity contribution >= 4 is 0 Å². The van der Waals surface area contributed by atoms with Crippen molar-refractivity contribution in [3.63, 3.8) is 0 Å². The van der Waals surface area contributed by atoms with Gasteiger partial charge in [0.1, 0.15) is 0 Å². The van der Waals surface area contributed by atoms with E-state index in [0.717, 1.165) is 32.1 Å². The summed E-state index contributed by atoms with van der Waals surface area (Å²) < 4.78 is 18.8. The van der Waals surface area contributed by atoms with Crippen molar-refractivity contribution in [2.24, 2.45) is 23.7 Å². The highest BCUT2D eigenvalue weighted by molar-refractivity contribution is 5.09. The van der Waals surface area contributed by atoms with Crippen LogP contribution in [0.2, 0.25) is 0 Å². The Morgan fingerprint density at radius 3 is 2.80 bits per heavy atom. The summed E-state index contributed by atoms with van der Waals surface area (Å²) in [5.41, 5.74) is -0.492. The Kier molecular flexibility index (Phi) is 4.74. The fourth-order valence-corrected chi connectivity index (χ4v) is 5.49. The molecule has 0 aromatic heterocycles. The molecule has 0 radical (unpaired) electrons. The van der Waals surface area contributed by atoms with Gasteiger partial charge in [0.05, 0.1) is 6.61 Å². The molecule has 4 aliphatic heterocycles. The van der Waals surface area contributed by atoms with Gasteiger partial charge in [-0.2, -0.15) is 0 Å². The molecule has 0 N–H and O–H groups in total. The topological polar surface area (TPSA) is 46.2 Å². The van der Waals surface area contributed by atoms with Crippen LogP contribution in [0.5, 0.6) is 0 Å². The summed E-state index contributed by atoms with van der Waals surface area (Å²) in [6, 6.07) is 0. The van der Waals surface area contributed by atoms with Crippen molar-refractivity contribution in [2.45, 2.75) is 83.3 Å². The second kappa shape index (κ2) is 6.61. The number of hydrogen-bond donors (Lipinski definition) is 0. The maximum Gasteiger partial charge on any atom is 0.201 e. The van der Waals surface area contributed by atoms with Gasteiger partial charge < -0.3 is 14.2 Å². The Balaban J connectivity index is 1.59. The molecular formula is C20H32O5. The van der Waals surface area contributed by atoms with Gasteiger partial charge in [0, 0.05) is 18.3 Å². The highest BCUT2D eigenvalue weighted by Gasteiger charge is 2.69. The minimum atomic E-state index is -0.717. The lowest BCUT2D eigenvalue weighted by Gasteiger charge is -2.60. The average molecular weight is 352 g/mol. The van der Waals surface area contributed by atoms with Crippen molar-refractivity contribution in [3.05, 3.63) is 12.7 Å². The summed E-state index contributed by atoms with van der Waals surface area (Å²) in [6.45, 7) is 11.0. The van der Waals surface area contributed by atoms with Crippen molar-refractivity contribution in [1.82, 2.24) is 0 Å². The van der Waals surface area contributed by atoms with E-state index in [-0.39, 0.29) is 12.2 Å². The predicted molar refractivity (Wildman–Crippen MR) is 92.2 cm³/mol. The molecule has 1 spiro atoms. The minimum Gasteiger partial charge on any atom is -0.352 e. The Bertz CT molecular complexity index is 510. The summed E-state index contributed by atoms with van der Waals surface area (Å²) in [7, 11) is 0. The van der Waals surface area contributed by atoms with E-state index in [1.165, 1.54) is 6.42 Å². The third kappa shape index (κ3) is 2.79. The average Bonchev–Trinajstić information content (AvgIpc) is 2.82. The zero-order valence-corrected chi connectivity index (χ0v) is 15.7. The SMILES string of the molecule is C=CCCCOC1O[C@@H]2O[C@]3(C)CCC4[C@H](C)CCC([C@H]1C)[C@]42OO3. The van der Waals surface area contributed by atoms with E-state index in [0.29, 0.717) is 24.4 Å². The fraction of sp³-hybridized carbons (Fsp3) is 0.900. The minimum absolute atomic E-state index is 0.244. The standard InChI is InChI=1S/C20H32O5/c1-5-6-7-12-21-17-14(3)16-9-8-13(2)15-10-11-19(4)23-18(22-17)20(15,16)25-24-19/h5,13-18H,1,6-12H2,2-4H3/t13-,14-,15?,16?,17?,18-,19+,20-/m1/s1. The van der Waals surface area contributed by atoms with Crippen molar-refractivity contribution < 1.29 is 24.0 Å². The molecule has 0 amide bonds. The second-order valence-electron chi connectivity index (χ2n) is 8.58. The monoisotopic (exact) mass is 352 g/mol. The van der Waals surface area contributed by atoms with Crippen molar-refractivity contribution in [3.8, 4) is 0 Å². The van der Waals surface area contributed by atoms with E-state index >= 15 is 0 Å². The second-order valence-corrected chi connectivity index (χ2v) is 8.58. The van der Waals surface area contributed by atoms with Gasteiger partial charge in [0.2, 0.25) is 5.79 Å². The van der Waals surface area contributed by atoms with Gasteiger partial charge in [-0.25, -0.2) is 9.78 Å². The van der Waals surface area contributed by atoms with Crippen LogP contribution in [-0.4, -0.2) is 30.6 Å². The number of unbranched alkanes of at least 4 members (excludes halogenated alkanes) is 1. The maximum absolute atomic E-state index is 6.36. The molecule has 0 aromatic rings. The Morgan fingerprint density at radius 2 is 2.00 bits per heavy atom. The number of hydrogen-bond acceptors (Lipinski definition) is 5. The summed E-state index contributed by atoms with van der Waals surface area (Å²) in [4.78, 5) is 12.0. The van der Waals surface area contributed by atoms with Crippen molar-refractivity contribution in [2.75, 3.05) is 6.61 Å². The lowest BCUT2D eigenvalue weighted by Crippen LogP contribution is -2.70. The molecule has 1 saturated carbocycles. The van der Waals surface area contributed by atoms with Gasteiger partial charge in [-0.15, -0.1) is 6.58 Å². The molecule has 5 fully saturated rings. The molecule has 4 heterocycles. The third-order valence-corrected chi connectivity index (χ3v) is 6.93. The van der Waals surface area contributed by atoms with Crippen LogP contribution < -0.4 is 0 Å². The highest BCUT2D eigenvalue weighted by Crippen LogP contribution is 2.60. The van der Waals surface area contributed by atoms with Gasteiger partial charge >= 0.3 is 0 Å². The van der Waals surface area contributed by atoms with Crippen LogP contribution in [0.1, 0.15) is 59.3 Å². The molecule has 142 valence electrons. The summed E-state index contributed by atoms with van der Waals surface area (Å²) >= 11 is 0. The largest absolute Gasteiger partial charge is 0.352 e. The first-order valence-electron chi connectivity index (χ1n) is 9.93. The van der Waals surface area contributed by atoms with Crippen LogP contribution in [0.15, 0.2) is 12.7 Å². The molecule has 5 heteroatoms. The third-order valence-electron chi connectivity index (χ3n) is 6.93. The molecule has 2 bridgehead atoms. The Labute approximate surface area is 150 Å². The molecule has 0 aromatic carbocycles. The van der Waals surface area contributed by atoms with E-state index in [9.17, 15) is 0 Å². The predicted octanol–water partition coefficient (Wildman–Crippen LogP) is 4.18. The van der Waals surface area contributed by atoms with E-state index in [1.54, 1.807) is 0 Å². The van der Waals surface area contributed by atoms with Crippen LogP contribution in [0.25, 0.3) is 0 Å². The highest BCUT2D eigenvalue weighted by atomic mass is 17.3. The summed E-state index contributed by atoms with van der Waals surface area (Å²) in [6.07, 6.45) is 7.43. The first-order chi connectivity index (χ1) is 12.0. The van der Waals surface area contributed by atoms with Crippen LogP contribution in [0.4, 0.5) is 0 Å². The smallest absolute Gasteiger partial charge is 0.201 e. The number of allylic oxidation sites excluding steroid dienone is 1. The van der Waals surface area contributed by atoms with Gasteiger partial charge in [0.25, 0.3) is 0 Å². The normalized spacial score (nSPS) is 51.6. The van der Waals surface area contributed by atoms with Gasteiger partial charge in [-0.3, -0.25) is 0 Å². The van der Waals surface area contributed by atoms with E-state index < -0.39 is 17.7 Å². The number of ether oxygens (including phenoxy) is 3.